The van der Waals surface area contributed by atoms with Crippen molar-refractivity contribution in [3.63, 3.8) is 0 Å². The largest absolute Gasteiger partial charge is 0.493 e. The number of aromatic hydroxyl groups is 1. The second-order valence-electron chi connectivity index (χ2n) is 4.34. The number of H-pyrrole nitrogens is 1. The van der Waals surface area contributed by atoms with Gasteiger partial charge in [-0.2, -0.15) is 0 Å². The van der Waals surface area contributed by atoms with Crippen molar-refractivity contribution < 1.29 is 13.5 Å². The van der Waals surface area contributed by atoms with Crippen LogP contribution in [0.3, 0.4) is 0 Å². The number of halogens is 1. The Morgan fingerprint density at radius 1 is 1.14 bits per heavy atom. The van der Waals surface area contributed by atoms with E-state index in [0.717, 1.165) is 19.1 Å². The molecule has 21 heavy (non-hydrogen) atoms. The molecule has 0 unspecified atom stereocenters. The molecule has 0 spiro atoms. The smallest absolute Gasteiger partial charge is 0.270 e. The van der Waals surface area contributed by atoms with Gasteiger partial charge in [0.05, 0.1) is 11.1 Å². The molecular weight excluding hydrogens is 423 g/mol. The van der Waals surface area contributed by atoms with Gasteiger partial charge >= 0.3 is 0 Å². The Hall–Kier alpha value is -1.39. The van der Waals surface area contributed by atoms with Gasteiger partial charge in [-0.15, -0.1) is 0 Å². The van der Waals surface area contributed by atoms with Crippen LogP contribution in [0.15, 0.2) is 47.5 Å². The summed E-state index contributed by atoms with van der Waals surface area (Å²) in [5, 5.41) is 10.9. The topological polar surface area (TPSA) is 75.1 Å². The minimum atomic E-state index is -3.87. The number of aromatic amines is 1. The fraction of sp³-hybridized carbons (Fsp3) is 0. The molecule has 1 aromatic heterocycles. The van der Waals surface area contributed by atoms with E-state index >= 15 is 0 Å². The Labute approximate surface area is 139 Å². The van der Waals surface area contributed by atoms with Gasteiger partial charge in [-0.3, -0.25) is 0 Å². The molecule has 0 aliphatic rings. The predicted molar refractivity (Wildman–Crippen MR) is 90.5 cm³/mol. The SMILES string of the molecule is O=S(=O)(c1cccc2c(I)cccc12)n1cc(O)[nH]c1=S. The highest BCUT2D eigenvalue weighted by atomic mass is 127. The number of aromatic nitrogens is 2. The predicted octanol–water partition coefficient (Wildman–Crippen LogP) is 3.25. The lowest BCUT2D eigenvalue weighted by atomic mass is 10.1. The van der Waals surface area contributed by atoms with Gasteiger partial charge in [-0.05, 0) is 52.3 Å². The lowest BCUT2D eigenvalue weighted by Gasteiger charge is -2.09. The van der Waals surface area contributed by atoms with Crippen molar-refractivity contribution in [3.8, 4) is 5.88 Å². The lowest BCUT2D eigenvalue weighted by molar-refractivity contribution is 0.456. The fourth-order valence-electron chi connectivity index (χ4n) is 2.12. The zero-order valence-electron chi connectivity index (χ0n) is 10.4. The van der Waals surface area contributed by atoms with Crippen LogP contribution in [-0.2, 0) is 10.0 Å². The molecular formula is C13H9IN2O3S2. The monoisotopic (exact) mass is 432 g/mol. The summed E-state index contributed by atoms with van der Waals surface area (Å²) in [6.07, 6.45) is 1.06. The van der Waals surface area contributed by atoms with Crippen LogP contribution in [-0.4, -0.2) is 22.5 Å². The molecule has 0 amide bonds. The van der Waals surface area contributed by atoms with Gasteiger partial charge in [0.1, 0.15) is 0 Å². The lowest BCUT2D eigenvalue weighted by Crippen LogP contribution is -2.12. The third kappa shape index (κ3) is 2.36. The molecule has 0 fully saturated rings. The van der Waals surface area contributed by atoms with Gasteiger partial charge in [0.15, 0.2) is 4.77 Å². The number of imidazole rings is 1. The minimum Gasteiger partial charge on any atom is -0.493 e. The van der Waals surface area contributed by atoms with Crippen LogP contribution in [0.1, 0.15) is 0 Å². The third-order valence-electron chi connectivity index (χ3n) is 3.04. The molecule has 3 rings (SSSR count). The fourth-order valence-corrected chi connectivity index (χ4v) is 4.67. The molecule has 0 atom stereocenters. The summed E-state index contributed by atoms with van der Waals surface area (Å²) >= 11 is 7.10. The quantitative estimate of drug-likeness (QED) is 0.482. The highest BCUT2D eigenvalue weighted by molar-refractivity contribution is 14.1. The summed E-state index contributed by atoms with van der Waals surface area (Å²) in [6.45, 7) is 0. The first-order chi connectivity index (χ1) is 9.91. The average Bonchev–Trinajstić information content (AvgIpc) is 2.78. The summed E-state index contributed by atoms with van der Waals surface area (Å²) in [5.74, 6) is -0.293. The van der Waals surface area contributed by atoms with Crippen LogP contribution in [0.25, 0.3) is 10.8 Å². The number of benzene rings is 2. The molecule has 8 heteroatoms. The maximum absolute atomic E-state index is 12.8. The second kappa shape index (κ2) is 5.11. The molecule has 0 aliphatic carbocycles. The molecule has 0 saturated carbocycles. The molecule has 2 N–H and O–H groups in total. The number of hydrogen-bond donors (Lipinski definition) is 2. The molecule has 108 valence electrons. The maximum atomic E-state index is 12.8. The van der Waals surface area contributed by atoms with Crippen molar-refractivity contribution in [2.45, 2.75) is 4.90 Å². The van der Waals surface area contributed by atoms with Gasteiger partial charge in [0.2, 0.25) is 5.88 Å². The Morgan fingerprint density at radius 3 is 2.48 bits per heavy atom. The molecule has 5 nitrogen and oxygen atoms in total. The second-order valence-corrected chi connectivity index (χ2v) is 7.67. The number of rotatable bonds is 2. The van der Waals surface area contributed by atoms with Gasteiger partial charge in [-0.1, -0.05) is 24.3 Å². The van der Waals surface area contributed by atoms with Crippen LogP contribution in [0.5, 0.6) is 5.88 Å². The summed E-state index contributed by atoms with van der Waals surface area (Å²) < 4.78 is 27.3. The molecule has 0 aliphatic heterocycles. The van der Waals surface area contributed by atoms with E-state index in [1.165, 1.54) is 6.07 Å². The van der Waals surface area contributed by atoms with E-state index in [1.807, 2.05) is 12.1 Å². The highest BCUT2D eigenvalue weighted by Gasteiger charge is 2.21. The summed E-state index contributed by atoms with van der Waals surface area (Å²) in [4.78, 5) is 2.54. The normalized spacial score (nSPS) is 11.9. The van der Waals surface area contributed by atoms with Crippen molar-refractivity contribution >= 4 is 55.6 Å². The Kier molecular flexibility index (Phi) is 3.54. The van der Waals surface area contributed by atoms with Crippen molar-refractivity contribution in [2.24, 2.45) is 0 Å². The van der Waals surface area contributed by atoms with E-state index in [1.54, 1.807) is 18.2 Å². The van der Waals surface area contributed by atoms with E-state index in [0.29, 0.717) is 5.39 Å². The maximum Gasteiger partial charge on any atom is 0.270 e. The van der Waals surface area contributed by atoms with Crippen molar-refractivity contribution in [1.82, 2.24) is 8.96 Å². The van der Waals surface area contributed by atoms with E-state index in [9.17, 15) is 13.5 Å². The summed E-state index contributed by atoms with van der Waals surface area (Å²) in [6, 6.07) is 10.5. The minimum absolute atomic E-state index is 0.0740. The molecule has 0 bridgehead atoms. The Balaban J connectivity index is 2.37. The zero-order valence-corrected chi connectivity index (χ0v) is 14.2. The average molecular weight is 432 g/mol. The van der Waals surface area contributed by atoms with Crippen LogP contribution >= 0.6 is 34.8 Å². The molecule has 2 aromatic carbocycles. The summed E-state index contributed by atoms with van der Waals surface area (Å²) in [5.41, 5.74) is 0. The summed E-state index contributed by atoms with van der Waals surface area (Å²) in [7, 11) is -3.87. The molecule has 0 radical (unpaired) electrons. The van der Waals surface area contributed by atoms with Gasteiger partial charge in [-0.25, -0.2) is 12.4 Å². The Morgan fingerprint density at radius 2 is 1.81 bits per heavy atom. The number of hydrogen-bond acceptors (Lipinski definition) is 4. The molecule has 3 aromatic rings. The van der Waals surface area contributed by atoms with E-state index in [4.69, 9.17) is 12.2 Å². The standard InChI is InChI=1S/C13H9IN2O3S2/c14-10-5-1-4-9-8(10)3-2-6-11(9)21(18,19)16-7-12(17)15-13(16)20/h1-7,17H,(H,15,20). The molecule has 1 heterocycles. The van der Waals surface area contributed by atoms with Gasteiger partial charge in [0, 0.05) is 8.96 Å². The third-order valence-corrected chi connectivity index (χ3v) is 6.11. The van der Waals surface area contributed by atoms with Crippen molar-refractivity contribution in [1.29, 1.82) is 0 Å². The Bertz CT molecular complexity index is 1010. The first-order valence-corrected chi connectivity index (χ1v) is 8.77. The van der Waals surface area contributed by atoms with Crippen molar-refractivity contribution in [2.75, 3.05) is 0 Å². The van der Waals surface area contributed by atoms with E-state index in [2.05, 4.69) is 27.6 Å². The number of nitrogens with one attached hydrogen (secondary N) is 1. The van der Waals surface area contributed by atoms with Crippen LogP contribution in [0, 0.1) is 8.34 Å². The first-order valence-electron chi connectivity index (χ1n) is 5.85. The zero-order chi connectivity index (χ0) is 15.2. The van der Waals surface area contributed by atoms with Crippen LogP contribution in [0.4, 0.5) is 0 Å². The van der Waals surface area contributed by atoms with Gasteiger partial charge < -0.3 is 10.1 Å². The molecule has 0 saturated heterocycles. The number of fused-ring (bicyclic) bond motifs is 1. The van der Waals surface area contributed by atoms with E-state index in [-0.39, 0.29) is 15.5 Å². The first kappa shape index (κ1) is 14.5. The van der Waals surface area contributed by atoms with E-state index < -0.39 is 10.0 Å². The number of nitrogens with zero attached hydrogens (tertiary/aromatic N) is 1. The van der Waals surface area contributed by atoms with Crippen LogP contribution < -0.4 is 0 Å². The van der Waals surface area contributed by atoms with Crippen molar-refractivity contribution in [3.05, 3.63) is 50.9 Å². The van der Waals surface area contributed by atoms with Gasteiger partial charge in [0.25, 0.3) is 10.0 Å². The highest BCUT2D eigenvalue weighted by Crippen LogP contribution is 2.28. The van der Waals surface area contributed by atoms with Crippen LogP contribution in [0.2, 0.25) is 0 Å².